The maximum atomic E-state index is 2.45. The molecule has 0 unspecified atom stereocenters. The number of benzene rings is 11. The molecule has 0 fully saturated rings. The SMILES string of the molecule is c1ccc(-n2c3ccccc3c3cc(N(c4ccc(-c5ccc6c(c5)c5cccc7c8ccccc8n6c75)cc4)c4ccc5c6ccccc6c6ccccc6c5c4)ccc32)cc1. The van der Waals surface area contributed by atoms with Crippen LogP contribution in [0, 0.1) is 0 Å². The lowest BCUT2D eigenvalue weighted by atomic mass is 9.94. The third kappa shape index (κ3) is 4.90. The van der Waals surface area contributed by atoms with Crippen molar-refractivity contribution in [1.82, 2.24) is 8.97 Å². The Labute approximate surface area is 362 Å². The molecule has 3 heterocycles. The van der Waals surface area contributed by atoms with E-state index in [2.05, 4.69) is 238 Å². The van der Waals surface area contributed by atoms with Crippen molar-refractivity contribution in [3.8, 4) is 16.8 Å². The van der Waals surface area contributed by atoms with Crippen LogP contribution in [0.4, 0.5) is 17.1 Å². The molecule has 0 aliphatic heterocycles. The first-order valence-corrected chi connectivity index (χ1v) is 21.8. The topological polar surface area (TPSA) is 12.6 Å². The maximum absolute atomic E-state index is 2.45. The number of para-hydroxylation sites is 4. The molecule has 0 radical (unpaired) electrons. The Morgan fingerprint density at radius 1 is 0.254 bits per heavy atom. The summed E-state index contributed by atoms with van der Waals surface area (Å²) in [6.45, 7) is 0. The molecule has 0 saturated heterocycles. The first kappa shape index (κ1) is 34.3. The van der Waals surface area contributed by atoms with Gasteiger partial charge in [0, 0.05) is 55.1 Å². The van der Waals surface area contributed by atoms with Gasteiger partial charge in [0.2, 0.25) is 0 Å². The lowest BCUT2D eigenvalue weighted by Gasteiger charge is -2.27. The van der Waals surface area contributed by atoms with E-state index in [1.807, 2.05) is 0 Å². The Balaban J connectivity index is 0.961. The first-order chi connectivity index (χ1) is 31.3. The number of aromatic nitrogens is 2. The van der Waals surface area contributed by atoms with Crippen molar-refractivity contribution in [2.45, 2.75) is 0 Å². The van der Waals surface area contributed by atoms with Gasteiger partial charge >= 0.3 is 0 Å². The molecule has 0 aliphatic carbocycles. The third-order valence-corrected chi connectivity index (χ3v) is 13.6. The summed E-state index contributed by atoms with van der Waals surface area (Å²) in [5, 5.41) is 15.2. The highest BCUT2D eigenvalue weighted by Gasteiger charge is 2.21. The minimum Gasteiger partial charge on any atom is -0.310 e. The number of fused-ring (bicyclic) bond motifs is 15. The molecule has 3 aromatic heterocycles. The fourth-order valence-electron chi connectivity index (χ4n) is 10.9. The Bertz CT molecular complexity index is 4100. The normalized spacial score (nSPS) is 12.1. The molecule has 3 nitrogen and oxygen atoms in total. The highest BCUT2D eigenvalue weighted by atomic mass is 15.1. The maximum Gasteiger partial charge on any atom is 0.0620 e. The van der Waals surface area contributed by atoms with Gasteiger partial charge in [-0.05, 0) is 122 Å². The van der Waals surface area contributed by atoms with E-state index >= 15 is 0 Å². The largest absolute Gasteiger partial charge is 0.310 e. The second kappa shape index (κ2) is 13.1. The van der Waals surface area contributed by atoms with E-state index in [0.717, 1.165) is 22.7 Å². The van der Waals surface area contributed by atoms with Crippen molar-refractivity contribution in [3.63, 3.8) is 0 Å². The highest BCUT2D eigenvalue weighted by Crippen LogP contribution is 2.44. The van der Waals surface area contributed by atoms with E-state index < -0.39 is 0 Å². The smallest absolute Gasteiger partial charge is 0.0620 e. The van der Waals surface area contributed by atoms with Gasteiger partial charge in [0.05, 0.1) is 27.6 Å². The lowest BCUT2D eigenvalue weighted by molar-refractivity contribution is 1.18. The summed E-state index contributed by atoms with van der Waals surface area (Å²) in [6, 6.07) is 82.8. The van der Waals surface area contributed by atoms with Gasteiger partial charge in [-0.1, -0.05) is 146 Å². The van der Waals surface area contributed by atoms with Crippen molar-refractivity contribution in [2.24, 2.45) is 0 Å². The highest BCUT2D eigenvalue weighted by molar-refractivity contribution is 6.26. The van der Waals surface area contributed by atoms with Crippen LogP contribution < -0.4 is 4.90 Å². The zero-order valence-electron chi connectivity index (χ0n) is 34.2. The number of nitrogens with zero attached hydrogens (tertiary/aromatic N) is 3. The number of hydrogen-bond acceptors (Lipinski definition) is 1. The Morgan fingerprint density at radius 3 is 1.41 bits per heavy atom. The quantitative estimate of drug-likeness (QED) is 0.158. The summed E-state index contributed by atoms with van der Waals surface area (Å²) in [5.41, 5.74) is 13.1. The van der Waals surface area contributed by atoms with Crippen molar-refractivity contribution >= 4 is 109 Å². The second-order valence-electron chi connectivity index (χ2n) is 16.9. The van der Waals surface area contributed by atoms with E-state index in [9.17, 15) is 0 Å². The van der Waals surface area contributed by atoms with Gasteiger partial charge in [-0.25, -0.2) is 0 Å². The summed E-state index contributed by atoms with van der Waals surface area (Å²) in [5.74, 6) is 0. The molecule has 11 aromatic carbocycles. The van der Waals surface area contributed by atoms with Crippen molar-refractivity contribution < 1.29 is 0 Å². The first-order valence-electron chi connectivity index (χ1n) is 21.8. The summed E-state index contributed by atoms with van der Waals surface area (Å²) in [6.07, 6.45) is 0. The van der Waals surface area contributed by atoms with Crippen LogP contribution in [0.5, 0.6) is 0 Å². The van der Waals surface area contributed by atoms with Crippen molar-refractivity contribution in [1.29, 1.82) is 0 Å². The van der Waals surface area contributed by atoms with Crippen LogP contribution >= 0.6 is 0 Å². The van der Waals surface area contributed by atoms with Crippen LogP contribution in [-0.4, -0.2) is 8.97 Å². The van der Waals surface area contributed by atoms with Gasteiger partial charge in [0.1, 0.15) is 0 Å². The second-order valence-corrected chi connectivity index (χ2v) is 16.9. The minimum atomic E-state index is 1.10. The monoisotopic (exact) mass is 799 g/mol. The number of anilines is 3. The molecular weight excluding hydrogens is 763 g/mol. The van der Waals surface area contributed by atoms with Gasteiger partial charge in [0.15, 0.2) is 0 Å². The van der Waals surface area contributed by atoms with Gasteiger partial charge in [0.25, 0.3) is 0 Å². The van der Waals surface area contributed by atoms with Crippen LogP contribution in [0.2, 0.25) is 0 Å². The van der Waals surface area contributed by atoms with Crippen molar-refractivity contribution in [3.05, 3.63) is 224 Å². The fourth-order valence-corrected chi connectivity index (χ4v) is 10.9. The predicted molar refractivity (Wildman–Crippen MR) is 268 cm³/mol. The molecule has 0 saturated carbocycles. The molecule has 0 bridgehead atoms. The average molecular weight is 800 g/mol. The van der Waals surface area contributed by atoms with Crippen LogP contribution in [0.3, 0.4) is 0 Å². The zero-order chi connectivity index (χ0) is 41.2. The molecule has 0 N–H and O–H groups in total. The average Bonchev–Trinajstić information content (AvgIpc) is 4.00. The molecule has 63 heavy (non-hydrogen) atoms. The van der Waals surface area contributed by atoms with Crippen LogP contribution in [0.15, 0.2) is 224 Å². The summed E-state index contributed by atoms with van der Waals surface area (Å²) in [7, 11) is 0. The van der Waals surface area contributed by atoms with Gasteiger partial charge in [-0.2, -0.15) is 0 Å². The van der Waals surface area contributed by atoms with E-state index in [1.165, 1.54) is 103 Å². The van der Waals surface area contributed by atoms with Crippen LogP contribution in [0.25, 0.3) is 109 Å². The minimum absolute atomic E-state index is 1.10. The summed E-state index contributed by atoms with van der Waals surface area (Å²) < 4.78 is 4.83. The summed E-state index contributed by atoms with van der Waals surface area (Å²) >= 11 is 0. The Kier molecular flexibility index (Phi) is 7.11. The Morgan fingerprint density at radius 2 is 0.698 bits per heavy atom. The van der Waals surface area contributed by atoms with E-state index in [4.69, 9.17) is 0 Å². The van der Waals surface area contributed by atoms with E-state index in [1.54, 1.807) is 0 Å². The Hall–Kier alpha value is -8.40. The van der Waals surface area contributed by atoms with E-state index in [-0.39, 0.29) is 0 Å². The van der Waals surface area contributed by atoms with Crippen LogP contribution in [0.1, 0.15) is 0 Å². The molecule has 0 atom stereocenters. The van der Waals surface area contributed by atoms with Crippen molar-refractivity contribution in [2.75, 3.05) is 4.90 Å². The third-order valence-electron chi connectivity index (χ3n) is 13.6. The van der Waals surface area contributed by atoms with Gasteiger partial charge in [-0.3, -0.25) is 0 Å². The van der Waals surface area contributed by atoms with Gasteiger partial charge in [-0.15, -0.1) is 0 Å². The van der Waals surface area contributed by atoms with E-state index in [0.29, 0.717) is 0 Å². The standard InChI is InChI=1S/C60H37N3/c1-2-13-40(14-3-1)62-56-23-10-9-20-50(56)55-37-43(31-34-58(55)62)61(42-30-32-48-46-17-5-4-15-44(46)45-16-6-7-18-47(45)53(48)36-42)41-28-25-38(26-29-41)39-27-33-59-54(35-39)52-22-12-21-51-49-19-8-11-24-57(49)63(59)60(51)52/h1-37H. The molecule has 0 amide bonds. The van der Waals surface area contributed by atoms with Crippen LogP contribution in [-0.2, 0) is 0 Å². The molecular formula is C60H37N3. The molecule has 14 aromatic rings. The fraction of sp³-hybridized carbons (Fsp3) is 0. The lowest BCUT2D eigenvalue weighted by Crippen LogP contribution is -2.10. The molecule has 292 valence electrons. The molecule has 3 heteroatoms. The molecule has 0 spiro atoms. The predicted octanol–water partition coefficient (Wildman–Crippen LogP) is 16.5. The molecule has 0 aliphatic rings. The number of rotatable bonds is 5. The summed E-state index contributed by atoms with van der Waals surface area (Å²) in [4.78, 5) is 2.43. The number of hydrogen-bond donors (Lipinski definition) is 0. The van der Waals surface area contributed by atoms with Gasteiger partial charge < -0.3 is 13.9 Å². The zero-order valence-corrected chi connectivity index (χ0v) is 34.2. The molecule has 14 rings (SSSR count).